The highest BCUT2D eigenvalue weighted by atomic mass is 16.6. The predicted molar refractivity (Wildman–Crippen MR) is 114 cm³/mol. The Hall–Kier alpha value is -3.14. The molecule has 3 heterocycles. The molecule has 0 radical (unpaired) electrons. The number of carbonyl (C=O) groups is 1. The first-order valence-corrected chi connectivity index (χ1v) is 10.3. The number of hydrogen-bond acceptors (Lipinski definition) is 7. The molecule has 0 saturated carbocycles. The molecule has 4 rings (SSSR count). The molecule has 2 aliphatic heterocycles. The van der Waals surface area contributed by atoms with Crippen molar-refractivity contribution in [3.8, 4) is 5.88 Å². The summed E-state index contributed by atoms with van der Waals surface area (Å²) in [7, 11) is 0. The summed E-state index contributed by atoms with van der Waals surface area (Å²) in [6, 6.07) is 4.31. The lowest BCUT2D eigenvalue weighted by Gasteiger charge is -2.24. The van der Waals surface area contributed by atoms with E-state index in [4.69, 9.17) is 9.47 Å². The van der Waals surface area contributed by atoms with Gasteiger partial charge in [0.05, 0.1) is 47.5 Å². The van der Waals surface area contributed by atoms with Gasteiger partial charge in [0, 0.05) is 30.6 Å². The van der Waals surface area contributed by atoms with E-state index >= 15 is 0 Å². The van der Waals surface area contributed by atoms with Crippen molar-refractivity contribution in [3.05, 3.63) is 33.9 Å². The van der Waals surface area contributed by atoms with Gasteiger partial charge in [0.15, 0.2) is 0 Å². The van der Waals surface area contributed by atoms with Gasteiger partial charge in [-0.2, -0.15) is 0 Å². The van der Waals surface area contributed by atoms with Crippen molar-refractivity contribution >= 4 is 28.4 Å². The first-order chi connectivity index (χ1) is 14.7. The fourth-order valence-corrected chi connectivity index (χ4v) is 4.11. The Morgan fingerprint density at radius 1 is 1.39 bits per heavy atom. The van der Waals surface area contributed by atoms with Crippen molar-refractivity contribution in [1.82, 2.24) is 9.47 Å². The average molecular weight is 430 g/mol. The van der Waals surface area contributed by atoms with Crippen molar-refractivity contribution in [2.45, 2.75) is 38.8 Å². The van der Waals surface area contributed by atoms with Gasteiger partial charge in [-0.25, -0.2) is 4.79 Å². The summed E-state index contributed by atoms with van der Waals surface area (Å²) < 4.78 is 12.7. The van der Waals surface area contributed by atoms with E-state index < -0.39 is 16.6 Å². The molecule has 1 atom stereocenters. The molecule has 1 amide bonds. The Labute approximate surface area is 179 Å². The summed E-state index contributed by atoms with van der Waals surface area (Å²) >= 11 is 0. The van der Waals surface area contributed by atoms with Gasteiger partial charge < -0.3 is 24.0 Å². The van der Waals surface area contributed by atoms with E-state index in [1.165, 1.54) is 12.1 Å². The standard InChI is InChI=1S/C21H26N4O6/c1-21(2,3)31-20(27)23-8-6-14(11-23)24-17-5-4-13(25(28)29)10-15(17)18(19(24)26)16-12-30-9-7-22-16/h4-5,10,14,26H,6-9,11-12H2,1-3H3/t14-/m0/s1. The number of nitrogens with zero attached hydrogens (tertiary/aromatic N) is 4. The van der Waals surface area contributed by atoms with Crippen LogP contribution >= 0.6 is 0 Å². The molecule has 0 bridgehead atoms. The lowest BCUT2D eigenvalue weighted by atomic mass is 10.1. The Morgan fingerprint density at radius 2 is 2.16 bits per heavy atom. The van der Waals surface area contributed by atoms with Crippen molar-refractivity contribution in [2.75, 3.05) is 32.8 Å². The second-order valence-electron chi connectivity index (χ2n) is 8.78. The Bertz CT molecular complexity index is 1070. The minimum absolute atomic E-state index is 0.0178. The van der Waals surface area contributed by atoms with Gasteiger partial charge in [-0.15, -0.1) is 0 Å². The number of amides is 1. The van der Waals surface area contributed by atoms with Crippen LogP contribution < -0.4 is 0 Å². The van der Waals surface area contributed by atoms with Gasteiger partial charge in [-0.05, 0) is 33.3 Å². The van der Waals surface area contributed by atoms with Crippen LogP contribution in [0.1, 0.15) is 38.8 Å². The van der Waals surface area contributed by atoms with E-state index in [-0.39, 0.29) is 24.2 Å². The number of aliphatic imine (C=N–C) groups is 1. The third-order valence-electron chi connectivity index (χ3n) is 5.42. The number of likely N-dealkylation sites (tertiary alicyclic amines) is 1. The molecule has 10 nitrogen and oxygen atoms in total. The van der Waals surface area contributed by atoms with Gasteiger partial charge in [0.25, 0.3) is 5.69 Å². The summed E-state index contributed by atoms with van der Waals surface area (Å²) in [5.74, 6) is -0.0178. The number of non-ortho nitro benzene ring substituents is 1. The minimum Gasteiger partial charge on any atom is -0.494 e. The maximum atomic E-state index is 12.5. The van der Waals surface area contributed by atoms with Crippen LogP contribution in [0.15, 0.2) is 23.2 Å². The van der Waals surface area contributed by atoms with Crippen LogP contribution in [0.25, 0.3) is 10.9 Å². The van der Waals surface area contributed by atoms with E-state index in [1.54, 1.807) is 15.5 Å². The molecule has 0 unspecified atom stereocenters. The highest BCUT2D eigenvalue weighted by Gasteiger charge is 2.34. The summed E-state index contributed by atoms with van der Waals surface area (Å²) in [6.07, 6.45) is 0.225. The second-order valence-corrected chi connectivity index (χ2v) is 8.78. The zero-order valence-corrected chi connectivity index (χ0v) is 17.8. The van der Waals surface area contributed by atoms with Crippen LogP contribution in [0.3, 0.4) is 0 Å². The van der Waals surface area contributed by atoms with Gasteiger partial charge in [-0.1, -0.05) is 0 Å². The number of aromatic nitrogens is 1. The van der Waals surface area contributed by atoms with Crippen LogP contribution in [0.2, 0.25) is 0 Å². The van der Waals surface area contributed by atoms with Crippen molar-refractivity contribution < 1.29 is 24.3 Å². The van der Waals surface area contributed by atoms with Gasteiger partial charge >= 0.3 is 6.09 Å². The monoisotopic (exact) mass is 430 g/mol. The molecule has 0 spiro atoms. The van der Waals surface area contributed by atoms with Crippen LogP contribution in [-0.4, -0.2) is 69.8 Å². The smallest absolute Gasteiger partial charge is 0.410 e. The highest BCUT2D eigenvalue weighted by Crippen LogP contribution is 2.39. The Kier molecular flexibility index (Phi) is 5.34. The summed E-state index contributed by atoms with van der Waals surface area (Å²) in [5, 5.41) is 23.1. The van der Waals surface area contributed by atoms with E-state index in [0.717, 1.165) is 0 Å². The fraction of sp³-hybridized carbons (Fsp3) is 0.524. The number of carbonyl (C=O) groups excluding carboxylic acids is 1. The largest absolute Gasteiger partial charge is 0.494 e. The van der Waals surface area contributed by atoms with Crippen LogP contribution in [-0.2, 0) is 9.47 Å². The number of ether oxygens (including phenoxy) is 2. The minimum atomic E-state index is -0.595. The molecule has 0 aliphatic carbocycles. The number of nitro groups is 1. The Balaban J connectivity index is 1.75. The number of hydrogen-bond donors (Lipinski definition) is 1. The molecule has 10 heteroatoms. The van der Waals surface area contributed by atoms with Gasteiger partial charge in [0.1, 0.15) is 5.60 Å². The summed E-state index contributed by atoms with van der Waals surface area (Å²) in [6.45, 7) is 7.49. The van der Waals surface area contributed by atoms with Gasteiger partial charge in [0.2, 0.25) is 5.88 Å². The second kappa shape index (κ2) is 7.84. The van der Waals surface area contributed by atoms with Crippen LogP contribution in [0.5, 0.6) is 5.88 Å². The third kappa shape index (κ3) is 4.07. The molecule has 1 fully saturated rings. The van der Waals surface area contributed by atoms with E-state index in [9.17, 15) is 20.0 Å². The normalized spacial score (nSPS) is 19.5. The number of nitro benzene ring substituents is 1. The molecule has 166 valence electrons. The van der Waals surface area contributed by atoms with E-state index in [1.807, 2.05) is 20.8 Å². The van der Waals surface area contributed by atoms with Crippen molar-refractivity contribution in [2.24, 2.45) is 4.99 Å². The quantitative estimate of drug-likeness (QED) is 0.590. The molecular weight excluding hydrogens is 404 g/mol. The van der Waals surface area contributed by atoms with Crippen LogP contribution in [0.4, 0.5) is 10.5 Å². The lowest BCUT2D eigenvalue weighted by molar-refractivity contribution is -0.384. The first kappa shape index (κ1) is 21.1. The third-order valence-corrected chi connectivity index (χ3v) is 5.42. The Morgan fingerprint density at radius 3 is 2.81 bits per heavy atom. The zero-order chi connectivity index (χ0) is 22.3. The first-order valence-electron chi connectivity index (χ1n) is 10.3. The molecule has 31 heavy (non-hydrogen) atoms. The molecule has 1 aromatic carbocycles. The molecule has 1 saturated heterocycles. The van der Waals surface area contributed by atoms with Gasteiger partial charge in [-0.3, -0.25) is 15.1 Å². The maximum Gasteiger partial charge on any atom is 0.410 e. The molecule has 1 aromatic heterocycles. The maximum absolute atomic E-state index is 12.5. The highest BCUT2D eigenvalue weighted by molar-refractivity contribution is 6.14. The lowest BCUT2D eigenvalue weighted by Crippen LogP contribution is -2.35. The fourth-order valence-electron chi connectivity index (χ4n) is 4.11. The molecular formula is C21H26N4O6. The van der Waals surface area contributed by atoms with Crippen molar-refractivity contribution in [1.29, 1.82) is 0 Å². The number of aromatic hydroxyl groups is 1. The zero-order valence-electron chi connectivity index (χ0n) is 17.8. The summed E-state index contributed by atoms with van der Waals surface area (Å²) in [5.41, 5.74) is 1.01. The average Bonchev–Trinajstić information content (AvgIpc) is 3.28. The molecule has 1 N–H and O–H groups in total. The molecule has 2 aromatic rings. The van der Waals surface area contributed by atoms with E-state index in [2.05, 4.69) is 4.99 Å². The SMILES string of the molecule is CC(C)(C)OC(=O)N1CC[C@H](n2c(O)c(C3=NCCOC3)c3cc([N+](=O)[O-])ccc32)C1. The van der Waals surface area contributed by atoms with Crippen molar-refractivity contribution in [3.63, 3.8) is 0 Å². The van der Waals surface area contributed by atoms with E-state index in [0.29, 0.717) is 54.8 Å². The number of rotatable bonds is 3. The predicted octanol–water partition coefficient (Wildman–Crippen LogP) is 3.26. The topological polar surface area (TPSA) is 119 Å². The molecule has 2 aliphatic rings. The number of benzene rings is 1. The summed E-state index contributed by atoms with van der Waals surface area (Å²) in [4.78, 5) is 29.4. The van der Waals surface area contributed by atoms with Crippen LogP contribution in [0, 0.1) is 10.1 Å². The number of fused-ring (bicyclic) bond motifs is 1.